The van der Waals surface area contributed by atoms with E-state index in [0.29, 0.717) is 11.8 Å². The lowest BCUT2D eigenvalue weighted by molar-refractivity contribution is 0.356. The van der Waals surface area contributed by atoms with Gasteiger partial charge in [-0.05, 0) is 11.1 Å². The van der Waals surface area contributed by atoms with E-state index in [1.165, 1.54) is 0 Å². The van der Waals surface area contributed by atoms with E-state index in [9.17, 15) is 0 Å². The lowest BCUT2D eigenvalue weighted by atomic mass is 10.1. The first-order chi connectivity index (χ1) is 5.22. The molecule has 11 heavy (non-hydrogen) atoms. The molecule has 4 heteroatoms. The van der Waals surface area contributed by atoms with Crippen LogP contribution in [0.15, 0.2) is 4.52 Å². The molecule has 2 N–H and O–H groups in total. The zero-order chi connectivity index (χ0) is 8.27. The number of hydrogen-bond donors (Lipinski definition) is 1. The Kier molecular flexibility index (Phi) is 2.46. The molecule has 1 rings (SSSR count). The van der Waals surface area contributed by atoms with E-state index < -0.39 is 0 Å². The van der Waals surface area contributed by atoms with Crippen molar-refractivity contribution in [1.82, 2.24) is 10.1 Å². The van der Waals surface area contributed by atoms with Gasteiger partial charge in [-0.2, -0.15) is 4.98 Å². The summed E-state index contributed by atoms with van der Waals surface area (Å²) in [6, 6.07) is 0. The fraction of sp³-hybridized carbons (Fsp3) is 0.714. The number of aromatic nitrogens is 2. The van der Waals surface area contributed by atoms with E-state index in [4.69, 9.17) is 10.3 Å². The van der Waals surface area contributed by atoms with Crippen molar-refractivity contribution in [1.29, 1.82) is 0 Å². The number of rotatable bonds is 3. The molecule has 0 saturated heterocycles. The first-order valence-electron chi connectivity index (χ1n) is 3.80. The predicted molar refractivity (Wildman–Crippen MR) is 41.9 cm³/mol. The second-order valence-electron chi connectivity index (χ2n) is 2.76. The molecule has 0 bridgehead atoms. The van der Waals surface area contributed by atoms with Gasteiger partial charge in [-0.1, -0.05) is 20.3 Å². The van der Waals surface area contributed by atoms with Gasteiger partial charge in [-0.3, -0.25) is 0 Å². The molecular formula is C7H13N3O. The van der Waals surface area contributed by atoms with Crippen molar-refractivity contribution in [3.8, 4) is 0 Å². The van der Waals surface area contributed by atoms with Crippen LogP contribution in [0.1, 0.15) is 26.2 Å². The Morgan fingerprint density at radius 3 is 2.82 bits per heavy atom. The molecule has 0 fully saturated rings. The number of nitrogens with two attached hydrogens (primary N) is 1. The highest BCUT2D eigenvalue weighted by atomic mass is 16.5. The summed E-state index contributed by atoms with van der Waals surface area (Å²) in [5, 5.41) is 3.50. The van der Waals surface area contributed by atoms with Gasteiger partial charge in [-0.25, -0.2) is 0 Å². The number of nitrogen functional groups attached to an aromatic ring is 1. The SMILES string of the molecule is CCC(C)Cc1nc(N)no1. The third-order valence-electron chi connectivity index (χ3n) is 1.70. The standard InChI is InChI=1S/C7H13N3O/c1-3-5(2)4-6-9-7(8)10-11-6/h5H,3-4H2,1-2H3,(H2,8,10). The van der Waals surface area contributed by atoms with Crippen molar-refractivity contribution in [2.45, 2.75) is 26.7 Å². The van der Waals surface area contributed by atoms with Gasteiger partial charge in [0.1, 0.15) is 0 Å². The van der Waals surface area contributed by atoms with Gasteiger partial charge < -0.3 is 10.3 Å². The third kappa shape index (κ3) is 2.22. The van der Waals surface area contributed by atoms with Crippen LogP contribution in [-0.2, 0) is 6.42 Å². The summed E-state index contributed by atoms with van der Waals surface area (Å²) in [7, 11) is 0. The Hall–Kier alpha value is -1.06. The Bertz CT molecular complexity index is 221. The zero-order valence-electron chi connectivity index (χ0n) is 6.87. The molecule has 0 aliphatic carbocycles. The summed E-state index contributed by atoms with van der Waals surface area (Å²) in [5.41, 5.74) is 5.28. The van der Waals surface area contributed by atoms with Crippen LogP contribution in [-0.4, -0.2) is 10.1 Å². The van der Waals surface area contributed by atoms with Gasteiger partial charge in [0, 0.05) is 6.42 Å². The number of anilines is 1. The molecule has 0 aromatic carbocycles. The monoisotopic (exact) mass is 155 g/mol. The quantitative estimate of drug-likeness (QED) is 0.713. The molecule has 1 heterocycles. The molecule has 1 unspecified atom stereocenters. The molecule has 62 valence electrons. The van der Waals surface area contributed by atoms with Crippen LogP contribution in [0.3, 0.4) is 0 Å². The Morgan fingerprint density at radius 1 is 1.64 bits per heavy atom. The van der Waals surface area contributed by atoms with Gasteiger partial charge >= 0.3 is 0 Å². The summed E-state index contributed by atoms with van der Waals surface area (Å²) < 4.78 is 4.85. The topological polar surface area (TPSA) is 64.9 Å². The molecule has 4 nitrogen and oxygen atoms in total. The van der Waals surface area contributed by atoms with Crippen LogP contribution in [0.5, 0.6) is 0 Å². The van der Waals surface area contributed by atoms with Gasteiger partial charge in [0.2, 0.25) is 5.89 Å². The maximum absolute atomic E-state index is 5.28. The maximum Gasteiger partial charge on any atom is 0.260 e. The molecule has 0 radical (unpaired) electrons. The lowest BCUT2D eigenvalue weighted by Crippen LogP contribution is -1.98. The van der Waals surface area contributed by atoms with Crippen LogP contribution in [0.25, 0.3) is 0 Å². The fourth-order valence-corrected chi connectivity index (χ4v) is 0.793. The molecule has 0 aliphatic rings. The van der Waals surface area contributed by atoms with E-state index in [-0.39, 0.29) is 5.95 Å². The summed E-state index contributed by atoms with van der Waals surface area (Å²) in [6.07, 6.45) is 1.93. The van der Waals surface area contributed by atoms with Gasteiger partial charge in [-0.15, -0.1) is 0 Å². The molecule has 0 amide bonds. The normalized spacial score (nSPS) is 13.3. The summed E-state index contributed by atoms with van der Waals surface area (Å²) >= 11 is 0. The van der Waals surface area contributed by atoms with E-state index in [2.05, 4.69) is 24.0 Å². The third-order valence-corrected chi connectivity index (χ3v) is 1.70. The summed E-state index contributed by atoms with van der Waals surface area (Å²) in [5.74, 6) is 1.44. The van der Waals surface area contributed by atoms with Crippen LogP contribution in [0.2, 0.25) is 0 Å². The van der Waals surface area contributed by atoms with Crippen LogP contribution in [0, 0.1) is 5.92 Å². The number of nitrogens with zero attached hydrogens (tertiary/aromatic N) is 2. The number of hydrogen-bond acceptors (Lipinski definition) is 4. The van der Waals surface area contributed by atoms with E-state index in [1.54, 1.807) is 0 Å². The molecule has 1 aromatic heterocycles. The van der Waals surface area contributed by atoms with Crippen molar-refractivity contribution < 1.29 is 4.52 Å². The molecule has 1 atom stereocenters. The maximum atomic E-state index is 5.28. The van der Waals surface area contributed by atoms with Crippen molar-refractivity contribution in [3.05, 3.63) is 5.89 Å². The van der Waals surface area contributed by atoms with Gasteiger partial charge in [0.05, 0.1) is 0 Å². The predicted octanol–water partition coefficient (Wildman–Crippen LogP) is 1.24. The van der Waals surface area contributed by atoms with Crippen molar-refractivity contribution >= 4 is 5.95 Å². The highest BCUT2D eigenvalue weighted by molar-refractivity contribution is 5.10. The second kappa shape index (κ2) is 3.37. The summed E-state index contributed by atoms with van der Waals surface area (Å²) in [4.78, 5) is 3.90. The Morgan fingerprint density at radius 2 is 2.36 bits per heavy atom. The Labute approximate surface area is 65.8 Å². The van der Waals surface area contributed by atoms with Crippen LogP contribution < -0.4 is 5.73 Å². The molecular weight excluding hydrogens is 142 g/mol. The lowest BCUT2D eigenvalue weighted by Gasteiger charge is -2.01. The molecule has 1 aromatic rings. The van der Waals surface area contributed by atoms with Crippen LogP contribution >= 0.6 is 0 Å². The van der Waals surface area contributed by atoms with Crippen molar-refractivity contribution in [2.75, 3.05) is 5.73 Å². The molecule has 0 saturated carbocycles. The smallest absolute Gasteiger partial charge is 0.260 e. The van der Waals surface area contributed by atoms with Gasteiger partial charge in [0.15, 0.2) is 0 Å². The minimum absolute atomic E-state index is 0.225. The molecule has 0 aliphatic heterocycles. The summed E-state index contributed by atoms with van der Waals surface area (Å²) in [6.45, 7) is 4.27. The first kappa shape index (κ1) is 8.04. The minimum Gasteiger partial charge on any atom is -0.365 e. The largest absolute Gasteiger partial charge is 0.365 e. The highest BCUT2D eigenvalue weighted by Crippen LogP contribution is 2.09. The molecule has 0 spiro atoms. The second-order valence-corrected chi connectivity index (χ2v) is 2.76. The van der Waals surface area contributed by atoms with E-state index in [1.807, 2.05) is 0 Å². The van der Waals surface area contributed by atoms with E-state index in [0.717, 1.165) is 12.8 Å². The van der Waals surface area contributed by atoms with Crippen molar-refractivity contribution in [3.63, 3.8) is 0 Å². The minimum atomic E-state index is 0.225. The average molecular weight is 155 g/mol. The average Bonchev–Trinajstić information content (AvgIpc) is 2.35. The first-order valence-corrected chi connectivity index (χ1v) is 3.80. The van der Waals surface area contributed by atoms with Crippen LogP contribution in [0.4, 0.5) is 5.95 Å². The van der Waals surface area contributed by atoms with Gasteiger partial charge in [0.25, 0.3) is 5.95 Å². The highest BCUT2D eigenvalue weighted by Gasteiger charge is 2.06. The Balaban J connectivity index is 2.50. The fourth-order valence-electron chi connectivity index (χ4n) is 0.793. The van der Waals surface area contributed by atoms with Crippen molar-refractivity contribution in [2.24, 2.45) is 5.92 Å². The zero-order valence-corrected chi connectivity index (χ0v) is 6.87. The van der Waals surface area contributed by atoms with E-state index >= 15 is 0 Å².